The Balaban J connectivity index is 2.31. The van der Waals surface area contributed by atoms with Crippen molar-refractivity contribution in [2.45, 2.75) is 71.3 Å². The average Bonchev–Trinajstić information content (AvgIpc) is 2.68. The fourth-order valence-corrected chi connectivity index (χ4v) is 16.5. The molecule has 0 saturated heterocycles. The summed E-state index contributed by atoms with van der Waals surface area (Å²) in [5, 5.41) is 0. The van der Waals surface area contributed by atoms with Crippen LogP contribution in [-0.4, -0.2) is 37.6 Å². The molecule has 2 aromatic carbocycles. The van der Waals surface area contributed by atoms with E-state index in [-0.39, 0.29) is 5.78 Å². The summed E-state index contributed by atoms with van der Waals surface area (Å²) in [5.41, 5.74) is 2.65. The quantitative estimate of drug-likeness (QED) is 0.239. The number of Topliss-reactive ketones (excluding diaryl/α,β-unsaturated/α-hetero) is 1. The molecule has 1 unspecified atom stereocenters. The van der Waals surface area contributed by atoms with Crippen molar-refractivity contribution in [3.63, 3.8) is 0 Å². The number of ether oxygens (including phenoxy) is 1. The highest BCUT2D eigenvalue weighted by atomic mass is 28.5. The highest BCUT2D eigenvalue weighted by Gasteiger charge is 2.40. The lowest BCUT2D eigenvalue weighted by molar-refractivity contribution is 0.0451. The van der Waals surface area contributed by atoms with Gasteiger partial charge in [0.25, 0.3) is 0 Å². The monoisotopic (exact) mass is 488 g/mol. The van der Waals surface area contributed by atoms with E-state index >= 15 is 0 Å². The van der Waals surface area contributed by atoms with Crippen LogP contribution in [0.5, 0.6) is 0 Å². The van der Waals surface area contributed by atoms with Gasteiger partial charge in [-0.25, -0.2) is 0 Å². The van der Waals surface area contributed by atoms with Gasteiger partial charge < -0.3 is 13.0 Å². The maximum absolute atomic E-state index is 13.6. The van der Waals surface area contributed by atoms with Crippen molar-refractivity contribution in [2.24, 2.45) is 0 Å². The van der Waals surface area contributed by atoms with Crippen LogP contribution in [-0.2, 0) is 19.4 Å². The van der Waals surface area contributed by atoms with Gasteiger partial charge in [0.05, 0.1) is 0 Å². The van der Waals surface area contributed by atoms with Crippen molar-refractivity contribution in [3.8, 4) is 0 Å². The third-order valence-electron chi connectivity index (χ3n) is 4.85. The van der Waals surface area contributed by atoms with Crippen LogP contribution in [0.3, 0.4) is 0 Å². The van der Waals surface area contributed by atoms with E-state index in [4.69, 9.17) is 13.0 Å². The summed E-state index contributed by atoms with van der Waals surface area (Å²) in [5.74, 6) is 0.00856. The van der Waals surface area contributed by atoms with E-state index in [2.05, 4.69) is 51.9 Å². The molecule has 1 atom stereocenters. The standard InChI is InChI=1S/C25H40O4Si3/c1-9-27-25(22-16-11-10-12-17-22)24(26)23-18-14-13-15-21(23)19-20-32(8,28-30(2,3)4)29-31(5,6)7/h10-18,25H,9,19-20H2,1-8H3. The Morgan fingerprint density at radius 3 is 1.88 bits per heavy atom. The Morgan fingerprint density at radius 2 is 1.34 bits per heavy atom. The SMILES string of the molecule is CCOC(C(=O)c1ccccc1CC[Si](C)(O[Si](C)(C)C)O[Si](C)(C)C)c1ccccc1. The summed E-state index contributed by atoms with van der Waals surface area (Å²) in [4.78, 5) is 13.6. The molecule has 0 heterocycles. The highest BCUT2D eigenvalue weighted by molar-refractivity contribution is 6.87. The molecule has 176 valence electrons. The molecular weight excluding hydrogens is 449 g/mol. The van der Waals surface area contributed by atoms with Gasteiger partial charge in [0.15, 0.2) is 22.4 Å². The van der Waals surface area contributed by atoms with Crippen LogP contribution >= 0.6 is 0 Å². The maximum atomic E-state index is 13.6. The van der Waals surface area contributed by atoms with Gasteiger partial charge in [0.2, 0.25) is 0 Å². The van der Waals surface area contributed by atoms with Crippen molar-refractivity contribution in [1.82, 2.24) is 0 Å². The molecule has 0 amide bonds. The van der Waals surface area contributed by atoms with E-state index in [0.717, 1.165) is 29.2 Å². The highest BCUT2D eigenvalue weighted by Crippen LogP contribution is 2.29. The number of aryl methyl sites for hydroxylation is 1. The lowest BCUT2D eigenvalue weighted by Crippen LogP contribution is -2.52. The number of rotatable bonds is 12. The van der Waals surface area contributed by atoms with Crippen LogP contribution in [0.2, 0.25) is 51.9 Å². The first kappa shape index (κ1) is 26.9. The molecule has 7 heteroatoms. The lowest BCUT2D eigenvalue weighted by atomic mass is 9.95. The van der Waals surface area contributed by atoms with Crippen LogP contribution < -0.4 is 0 Å². The maximum Gasteiger partial charge on any atom is 0.314 e. The summed E-state index contributed by atoms with van der Waals surface area (Å²) in [6, 6.07) is 18.5. The minimum absolute atomic E-state index is 0.00856. The Hall–Kier alpha value is -1.36. The molecule has 2 aromatic rings. The third-order valence-corrected chi connectivity index (χ3v) is 14.4. The molecule has 0 fully saturated rings. The Bertz CT molecular complexity index is 857. The van der Waals surface area contributed by atoms with E-state index in [9.17, 15) is 4.79 Å². The predicted molar refractivity (Wildman–Crippen MR) is 141 cm³/mol. The number of benzene rings is 2. The first-order valence-electron chi connectivity index (χ1n) is 11.5. The molecule has 0 saturated carbocycles. The van der Waals surface area contributed by atoms with Crippen LogP contribution in [0.4, 0.5) is 0 Å². The second-order valence-electron chi connectivity index (χ2n) is 10.3. The zero-order valence-corrected chi connectivity index (χ0v) is 24.0. The van der Waals surface area contributed by atoms with Crippen molar-refractivity contribution in [1.29, 1.82) is 0 Å². The molecule has 0 bridgehead atoms. The van der Waals surface area contributed by atoms with Gasteiger partial charge in [0, 0.05) is 12.2 Å². The average molecular weight is 489 g/mol. The Labute approximate surface area is 197 Å². The van der Waals surface area contributed by atoms with Gasteiger partial charge in [-0.15, -0.1) is 0 Å². The van der Waals surface area contributed by atoms with Crippen molar-refractivity contribution in [3.05, 3.63) is 71.3 Å². The van der Waals surface area contributed by atoms with Crippen LogP contribution in [0, 0.1) is 0 Å². The lowest BCUT2D eigenvalue weighted by Gasteiger charge is -2.38. The van der Waals surface area contributed by atoms with E-state index < -0.39 is 31.3 Å². The zero-order chi connectivity index (χ0) is 24.0. The molecule has 0 aliphatic heterocycles. The summed E-state index contributed by atoms with van der Waals surface area (Å²) in [6.07, 6.45) is 0.162. The Morgan fingerprint density at radius 1 is 0.812 bits per heavy atom. The van der Waals surface area contributed by atoms with E-state index in [1.165, 1.54) is 0 Å². The predicted octanol–water partition coefficient (Wildman–Crippen LogP) is 6.96. The normalized spacial score (nSPS) is 13.8. The van der Waals surface area contributed by atoms with Gasteiger partial charge in [-0.2, -0.15) is 0 Å². The molecule has 0 aliphatic carbocycles. The van der Waals surface area contributed by atoms with Crippen molar-refractivity contribution < 1.29 is 17.8 Å². The molecule has 0 aliphatic rings. The molecule has 0 spiro atoms. The molecule has 32 heavy (non-hydrogen) atoms. The number of hydrogen-bond acceptors (Lipinski definition) is 4. The summed E-state index contributed by atoms with van der Waals surface area (Å²) in [6.45, 7) is 17.9. The van der Waals surface area contributed by atoms with Gasteiger partial charge in [-0.05, 0) is 76.3 Å². The fourth-order valence-electron chi connectivity index (χ4n) is 4.02. The first-order chi connectivity index (χ1) is 14.8. The van der Waals surface area contributed by atoms with E-state index in [1.807, 2.05) is 55.5 Å². The number of hydrogen-bond donors (Lipinski definition) is 0. The third kappa shape index (κ3) is 8.53. The van der Waals surface area contributed by atoms with Crippen LogP contribution in [0.15, 0.2) is 54.6 Å². The minimum Gasteiger partial charge on any atom is -0.437 e. The zero-order valence-electron chi connectivity index (χ0n) is 21.0. The summed E-state index contributed by atoms with van der Waals surface area (Å²) >= 11 is 0. The van der Waals surface area contributed by atoms with Gasteiger partial charge in [-0.3, -0.25) is 4.79 Å². The second kappa shape index (κ2) is 11.2. The fraction of sp³-hybridized carbons (Fsp3) is 0.480. The largest absolute Gasteiger partial charge is 0.437 e. The van der Waals surface area contributed by atoms with Gasteiger partial charge in [0.1, 0.15) is 6.10 Å². The number of ketones is 1. The molecule has 4 nitrogen and oxygen atoms in total. The minimum atomic E-state index is -2.39. The molecule has 0 radical (unpaired) electrons. The summed E-state index contributed by atoms with van der Waals surface area (Å²) in [7, 11) is -5.92. The number of carbonyl (C=O) groups is 1. The summed E-state index contributed by atoms with van der Waals surface area (Å²) < 4.78 is 19.2. The topological polar surface area (TPSA) is 44.8 Å². The van der Waals surface area contributed by atoms with E-state index in [0.29, 0.717) is 6.61 Å². The number of carbonyl (C=O) groups excluding carboxylic acids is 1. The van der Waals surface area contributed by atoms with Crippen molar-refractivity contribution >= 4 is 31.0 Å². The molecule has 0 N–H and O–H groups in total. The van der Waals surface area contributed by atoms with E-state index in [1.54, 1.807) is 0 Å². The second-order valence-corrected chi connectivity index (χ2v) is 23.2. The van der Waals surface area contributed by atoms with Gasteiger partial charge in [-0.1, -0.05) is 54.6 Å². The molecule has 2 rings (SSSR count). The van der Waals surface area contributed by atoms with Gasteiger partial charge >= 0.3 is 8.56 Å². The molecular formula is C25H40O4Si3. The van der Waals surface area contributed by atoms with Crippen LogP contribution in [0.1, 0.15) is 34.5 Å². The smallest absolute Gasteiger partial charge is 0.314 e. The molecule has 0 aromatic heterocycles. The first-order valence-corrected chi connectivity index (χ1v) is 20.9. The van der Waals surface area contributed by atoms with Crippen molar-refractivity contribution in [2.75, 3.05) is 6.61 Å². The van der Waals surface area contributed by atoms with Crippen LogP contribution in [0.25, 0.3) is 0 Å². The Kier molecular flexibility index (Phi) is 9.39.